The Bertz CT molecular complexity index is 2200. The summed E-state index contributed by atoms with van der Waals surface area (Å²) in [5.74, 6) is 3.05. The van der Waals surface area contributed by atoms with Gasteiger partial charge < -0.3 is 0 Å². The number of para-hydroxylation sites is 2. The Morgan fingerprint density at radius 1 is 0.312 bits per heavy atom. The minimum absolute atomic E-state index is 0.720. The van der Waals surface area contributed by atoms with Crippen molar-refractivity contribution >= 4 is 0 Å². The Hall–Kier alpha value is -6.40. The van der Waals surface area contributed by atoms with Gasteiger partial charge in [0.1, 0.15) is 11.6 Å². The van der Waals surface area contributed by atoms with E-state index in [9.17, 15) is 0 Å². The highest BCUT2D eigenvalue weighted by molar-refractivity contribution is 5.97. The van der Waals surface area contributed by atoms with E-state index in [0.717, 1.165) is 79.2 Å². The molecule has 0 saturated heterocycles. The van der Waals surface area contributed by atoms with E-state index in [-0.39, 0.29) is 0 Å². The molecule has 8 rings (SSSR count). The fourth-order valence-electron chi connectivity index (χ4n) is 6.41. The average molecular weight is 621 g/mol. The molecule has 0 bridgehead atoms. The van der Waals surface area contributed by atoms with Crippen molar-refractivity contribution in [2.75, 3.05) is 0 Å². The second-order valence-corrected chi connectivity index (χ2v) is 11.6. The van der Waals surface area contributed by atoms with Gasteiger partial charge in [0, 0.05) is 11.1 Å². The summed E-state index contributed by atoms with van der Waals surface area (Å²) in [4.78, 5) is 9.86. The molecular weight excluding hydrogens is 589 g/mol. The molecule has 0 fully saturated rings. The molecule has 0 amide bonds. The predicted molar refractivity (Wildman–Crippen MR) is 193 cm³/mol. The van der Waals surface area contributed by atoms with E-state index in [0.29, 0.717) is 0 Å². The fourth-order valence-corrected chi connectivity index (χ4v) is 6.41. The van der Waals surface area contributed by atoms with Gasteiger partial charge in [-0.05, 0) is 71.5 Å². The highest BCUT2D eigenvalue weighted by Crippen LogP contribution is 2.43. The molecule has 0 aliphatic carbocycles. The maximum atomic E-state index is 4.93. The summed E-state index contributed by atoms with van der Waals surface area (Å²) < 4.78 is 3.87. The van der Waals surface area contributed by atoms with Crippen LogP contribution in [0.15, 0.2) is 158 Å². The monoisotopic (exact) mass is 620 g/mol. The minimum atomic E-state index is 0.720. The standard InChI is InChI=1S/C42H32N6/c1-29-43-41(47(45-29)31-17-5-3-6-18-31)39-27-15-13-25-37(39)35-23-11-9-21-33(35)34-22-10-12-24-36(34)38-26-14-16-28-40(38)42-44-30(2)46-48(42)32-19-7-4-8-20-32/h3-28H,1-2H3. The largest absolute Gasteiger partial charge is 0.213 e. The highest BCUT2D eigenvalue weighted by Gasteiger charge is 2.21. The van der Waals surface area contributed by atoms with Gasteiger partial charge in [-0.25, -0.2) is 19.3 Å². The van der Waals surface area contributed by atoms with Crippen molar-refractivity contribution in [3.8, 4) is 67.5 Å². The Morgan fingerprint density at radius 2 is 0.562 bits per heavy atom. The molecule has 0 unspecified atom stereocenters. The van der Waals surface area contributed by atoms with Crippen LogP contribution in [0.25, 0.3) is 67.5 Å². The molecule has 0 atom stereocenters. The lowest BCUT2D eigenvalue weighted by Crippen LogP contribution is -2.01. The van der Waals surface area contributed by atoms with Crippen LogP contribution in [0.3, 0.4) is 0 Å². The van der Waals surface area contributed by atoms with Crippen molar-refractivity contribution < 1.29 is 0 Å². The highest BCUT2D eigenvalue weighted by atomic mass is 15.4. The van der Waals surface area contributed by atoms with Crippen LogP contribution in [0.5, 0.6) is 0 Å². The van der Waals surface area contributed by atoms with Gasteiger partial charge in [0.05, 0.1) is 11.4 Å². The fraction of sp³-hybridized carbons (Fsp3) is 0.0476. The van der Waals surface area contributed by atoms with Crippen molar-refractivity contribution in [1.82, 2.24) is 29.5 Å². The Balaban J connectivity index is 1.30. The number of rotatable bonds is 7. The van der Waals surface area contributed by atoms with Gasteiger partial charge >= 0.3 is 0 Å². The molecule has 48 heavy (non-hydrogen) atoms. The number of nitrogens with zero attached hydrogens (tertiary/aromatic N) is 6. The van der Waals surface area contributed by atoms with E-state index in [1.54, 1.807) is 0 Å². The molecule has 2 aromatic heterocycles. The van der Waals surface area contributed by atoms with E-state index in [4.69, 9.17) is 20.2 Å². The van der Waals surface area contributed by atoms with Crippen molar-refractivity contribution in [1.29, 1.82) is 0 Å². The van der Waals surface area contributed by atoms with Gasteiger partial charge in [-0.15, -0.1) is 0 Å². The second-order valence-electron chi connectivity index (χ2n) is 11.6. The van der Waals surface area contributed by atoms with Crippen LogP contribution in [0, 0.1) is 13.8 Å². The average Bonchev–Trinajstić information content (AvgIpc) is 3.74. The zero-order valence-electron chi connectivity index (χ0n) is 26.7. The van der Waals surface area contributed by atoms with E-state index in [1.165, 1.54) is 0 Å². The SMILES string of the molecule is Cc1nc(-c2ccccc2-c2ccccc2-c2ccccc2-c2ccccc2-c2nc(C)nn2-c2ccccc2)n(-c2ccccc2)n1. The molecule has 2 heterocycles. The van der Waals surface area contributed by atoms with Crippen LogP contribution < -0.4 is 0 Å². The molecule has 6 heteroatoms. The Kier molecular flexibility index (Phi) is 7.51. The van der Waals surface area contributed by atoms with E-state index in [1.807, 2.05) is 59.6 Å². The molecule has 0 saturated carbocycles. The third-order valence-corrected chi connectivity index (χ3v) is 8.49. The Labute approximate surface area is 279 Å². The lowest BCUT2D eigenvalue weighted by Gasteiger charge is -2.18. The van der Waals surface area contributed by atoms with Crippen molar-refractivity contribution in [3.05, 3.63) is 169 Å². The van der Waals surface area contributed by atoms with Gasteiger partial charge in [-0.2, -0.15) is 10.2 Å². The van der Waals surface area contributed by atoms with Crippen LogP contribution in [0.1, 0.15) is 11.6 Å². The lowest BCUT2D eigenvalue weighted by atomic mass is 9.86. The quantitative estimate of drug-likeness (QED) is 0.178. The van der Waals surface area contributed by atoms with Crippen LogP contribution >= 0.6 is 0 Å². The number of aromatic nitrogens is 6. The summed E-state index contributed by atoms with van der Waals surface area (Å²) >= 11 is 0. The molecule has 6 aromatic carbocycles. The number of aryl methyl sites for hydroxylation is 2. The van der Waals surface area contributed by atoms with Crippen LogP contribution in [0.2, 0.25) is 0 Å². The first-order valence-electron chi connectivity index (χ1n) is 16.0. The molecule has 230 valence electrons. The normalized spacial score (nSPS) is 11.1. The molecule has 8 aromatic rings. The third kappa shape index (κ3) is 5.29. The predicted octanol–water partition coefficient (Wildman–Crippen LogP) is 9.80. The maximum absolute atomic E-state index is 4.93. The second kappa shape index (κ2) is 12.4. The van der Waals surface area contributed by atoms with Crippen LogP contribution in [-0.4, -0.2) is 29.5 Å². The number of hydrogen-bond acceptors (Lipinski definition) is 4. The molecular formula is C42H32N6. The zero-order valence-corrected chi connectivity index (χ0v) is 26.7. The van der Waals surface area contributed by atoms with E-state index < -0.39 is 0 Å². The molecule has 0 radical (unpaired) electrons. The van der Waals surface area contributed by atoms with Gasteiger partial charge in [0.2, 0.25) is 0 Å². The summed E-state index contributed by atoms with van der Waals surface area (Å²) in [5.41, 5.74) is 10.6. The first-order chi connectivity index (χ1) is 23.7. The molecule has 0 aliphatic heterocycles. The molecule has 0 N–H and O–H groups in total. The maximum Gasteiger partial charge on any atom is 0.164 e. The zero-order chi connectivity index (χ0) is 32.5. The van der Waals surface area contributed by atoms with E-state index >= 15 is 0 Å². The first-order valence-corrected chi connectivity index (χ1v) is 16.0. The summed E-state index contributed by atoms with van der Waals surface area (Å²) in [5, 5.41) is 9.58. The van der Waals surface area contributed by atoms with Gasteiger partial charge in [0.25, 0.3) is 0 Å². The number of hydrogen-bond donors (Lipinski definition) is 0. The topological polar surface area (TPSA) is 61.4 Å². The third-order valence-electron chi connectivity index (χ3n) is 8.49. The molecule has 0 aliphatic rings. The summed E-state index contributed by atoms with van der Waals surface area (Å²) in [6.07, 6.45) is 0. The van der Waals surface area contributed by atoms with Crippen LogP contribution in [-0.2, 0) is 0 Å². The van der Waals surface area contributed by atoms with Crippen molar-refractivity contribution in [2.45, 2.75) is 13.8 Å². The first kappa shape index (κ1) is 29.0. The number of benzene rings is 6. The van der Waals surface area contributed by atoms with Gasteiger partial charge in [-0.1, -0.05) is 133 Å². The lowest BCUT2D eigenvalue weighted by molar-refractivity contribution is 0.869. The Morgan fingerprint density at radius 3 is 0.875 bits per heavy atom. The van der Waals surface area contributed by atoms with Gasteiger partial charge in [0.15, 0.2) is 11.6 Å². The summed E-state index contributed by atoms with van der Waals surface area (Å²) in [6, 6.07) is 54.5. The van der Waals surface area contributed by atoms with Crippen molar-refractivity contribution in [2.24, 2.45) is 0 Å². The van der Waals surface area contributed by atoms with Crippen LogP contribution in [0.4, 0.5) is 0 Å². The summed E-state index contributed by atoms with van der Waals surface area (Å²) in [7, 11) is 0. The van der Waals surface area contributed by atoms with E-state index in [2.05, 4.69) is 121 Å². The van der Waals surface area contributed by atoms with Crippen molar-refractivity contribution in [3.63, 3.8) is 0 Å². The summed E-state index contributed by atoms with van der Waals surface area (Å²) in [6.45, 7) is 3.88. The van der Waals surface area contributed by atoms with Gasteiger partial charge in [-0.3, -0.25) is 0 Å². The minimum Gasteiger partial charge on any atom is -0.213 e. The molecule has 6 nitrogen and oxygen atoms in total. The molecule has 0 spiro atoms. The smallest absolute Gasteiger partial charge is 0.164 e.